The summed E-state index contributed by atoms with van der Waals surface area (Å²) in [7, 11) is -7.97. The molecule has 38 heavy (non-hydrogen) atoms. The highest BCUT2D eigenvalue weighted by Crippen LogP contribution is 2.47. The Morgan fingerprint density at radius 1 is 0.553 bits per heavy atom. The molecular weight excluding hydrogens is 544 g/mol. The molecule has 2 aliphatic rings. The third kappa shape index (κ3) is 3.08. The molecule has 5 aromatic carbocycles. The van der Waals surface area contributed by atoms with Crippen LogP contribution < -0.4 is 0 Å². The van der Waals surface area contributed by atoms with Crippen molar-refractivity contribution in [3.05, 3.63) is 64.7 Å². The Hall–Kier alpha value is -4.79. The van der Waals surface area contributed by atoms with E-state index in [1.54, 1.807) is 12.1 Å². The Morgan fingerprint density at radius 3 is 1.42 bits per heavy atom. The van der Waals surface area contributed by atoms with Crippen LogP contribution in [0.25, 0.3) is 43.1 Å². The van der Waals surface area contributed by atoms with Crippen LogP contribution in [0.3, 0.4) is 0 Å². The zero-order valence-electron chi connectivity index (χ0n) is 18.3. The van der Waals surface area contributed by atoms with E-state index < -0.39 is 49.5 Å². The Balaban J connectivity index is 0.000000620. The van der Waals surface area contributed by atoms with Crippen molar-refractivity contribution in [2.24, 2.45) is 0 Å². The van der Waals surface area contributed by atoms with Crippen LogP contribution in [0.5, 0.6) is 0 Å². The number of ether oxygens (including phenoxy) is 2. The van der Waals surface area contributed by atoms with E-state index in [0.29, 0.717) is 26.9 Å². The Labute approximate surface area is 211 Å². The first kappa shape index (κ1) is 23.6. The number of fused-ring (bicyclic) bond motifs is 2. The Bertz CT molecular complexity index is 2200. The Kier molecular flexibility index (Phi) is 4.73. The fourth-order valence-corrected chi connectivity index (χ4v) is 5.96. The first-order valence-corrected chi connectivity index (χ1v) is 12.9. The summed E-state index contributed by atoms with van der Waals surface area (Å²) in [5.74, 6) is -3.57. The molecule has 1 N–H and O–H groups in total. The number of rotatable bonds is 1. The molecule has 2 heterocycles. The summed E-state index contributed by atoms with van der Waals surface area (Å²) in [6.45, 7) is 0. The minimum atomic E-state index is -4.86. The molecule has 0 aromatic heterocycles. The lowest BCUT2D eigenvalue weighted by Crippen LogP contribution is -2.21. The monoisotopic (exact) mass is 552 g/mol. The van der Waals surface area contributed by atoms with Gasteiger partial charge in [0.2, 0.25) is 0 Å². The number of esters is 4. The van der Waals surface area contributed by atoms with Crippen LogP contribution in [-0.4, -0.2) is 49.5 Å². The summed E-state index contributed by atoms with van der Waals surface area (Å²) in [5.41, 5.74) is 0.174. The van der Waals surface area contributed by atoms with Gasteiger partial charge in [-0.05, 0) is 45.8 Å². The highest BCUT2D eigenvalue weighted by Gasteiger charge is 2.35. The van der Waals surface area contributed by atoms with Crippen molar-refractivity contribution in [2.75, 3.05) is 0 Å². The second kappa shape index (κ2) is 7.61. The van der Waals surface area contributed by atoms with Crippen LogP contribution in [0.15, 0.2) is 47.4 Å². The molecule has 0 amide bonds. The highest BCUT2D eigenvalue weighted by atomic mass is 32.2. The second-order valence-electron chi connectivity index (χ2n) is 8.31. The summed E-state index contributed by atoms with van der Waals surface area (Å²) in [6.07, 6.45) is 0. The average Bonchev–Trinajstić information content (AvgIpc) is 2.83. The van der Waals surface area contributed by atoms with Crippen LogP contribution in [0.4, 0.5) is 0 Å². The van der Waals surface area contributed by atoms with Crippen molar-refractivity contribution < 1.29 is 54.2 Å². The maximum atomic E-state index is 12.5. The highest BCUT2D eigenvalue weighted by molar-refractivity contribution is 7.86. The first-order chi connectivity index (χ1) is 17.9. The van der Waals surface area contributed by atoms with Crippen molar-refractivity contribution in [1.29, 1.82) is 0 Å². The van der Waals surface area contributed by atoms with E-state index in [0.717, 1.165) is 6.07 Å². The third-order valence-corrected chi connectivity index (χ3v) is 7.37. The van der Waals surface area contributed by atoms with Gasteiger partial charge in [-0.1, -0.05) is 18.2 Å². The van der Waals surface area contributed by atoms with Crippen molar-refractivity contribution in [3.63, 3.8) is 0 Å². The van der Waals surface area contributed by atoms with E-state index in [4.69, 9.17) is 22.1 Å². The number of cyclic esters (lactones) is 4. The second-order valence-corrected chi connectivity index (χ2v) is 10.1. The summed E-state index contributed by atoms with van der Waals surface area (Å²) in [6, 6.07) is 10.1. The largest absolute Gasteiger partial charge is 0.425 e. The van der Waals surface area contributed by atoms with Crippen LogP contribution in [-0.2, 0) is 30.2 Å². The van der Waals surface area contributed by atoms with Crippen molar-refractivity contribution in [1.82, 2.24) is 0 Å². The molecule has 2 aliphatic heterocycles. The normalized spacial score (nSPS) is 14.6. The third-order valence-electron chi connectivity index (χ3n) is 6.50. The van der Waals surface area contributed by atoms with E-state index >= 15 is 0 Å². The lowest BCUT2D eigenvalue weighted by atomic mass is 9.83. The van der Waals surface area contributed by atoms with Gasteiger partial charge in [0.25, 0.3) is 10.1 Å². The zero-order chi connectivity index (χ0) is 27.3. The molecule has 0 bridgehead atoms. The quantitative estimate of drug-likeness (QED) is 0.105. The standard InChI is InChI=1S/C24H8O9S.O3S/c25-21-11-4-1-8-9-2-5-13-18-14(24(28)33-23(13)27)7-15(34(29,30)31)19(20(9)18)10-3-6-12(22(26)32-21)17(11)16(8)10;1-4(2)3/h1-7H,(H,29,30,31);. The van der Waals surface area contributed by atoms with E-state index in [1.807, 2.05) is 0 Å². The van der Waals surface area contributed by atoms with Gasteiger partial charge in [-0.25, -0.2) is 19.2 Å². The summed E-state index contributed by atoms with van der Waals surface area (Å²) in [4.78, 5) is 49.2. The molecular formula is C24H8O12S2. The number of carbonyl (C=O) groups is 4. The molecule has 0 fully saturated rings. The number of carbonyl (C=O) groups excluding carboxylic acids is 4. The maximum absolute atomic E-state index is 12.5. The van der Waals surface area contributed by atoms with Gasteiger partial charge in [-0.2, -0.15) is 8.42 Å². The number of hydrogen-bond acceptors (Lipinski definition) is 11. The van der Waals surface area contributed by atoms with Gasteiger partial charge in [0.05, 0.1) is 22.3 Å². The lowest BCUT2D eigenvalue weighted by molar-refractivity contribution is 0.0373. The number of benzene rings is 5. The van der Waals surface area contributed by atoms with Gasteiger partial charge in [0.15, 0.2) is 0 Å². The van der Waals surface area contributed by atoms with Gasteiger partial charge in [-0.15, -0.1) is 12.6 Å². The minimum Gasteiger partial charge on any atom is -0.386 e. The zero-order valence-corrected chi connectivity index (χ0v) is 19.9. The molecule has 0 radical (unpaired) electrons. The molecule has 0 unspecified atom stereocenters. The molecule has 14 heteroatoms. The molecule has 188 valence electrons. The van der Waals surface area contributed by atoms with Gasteiger partial charge in [0.1, 0.15) is 4.90 Å². The molecule has 0 spiro atoms. The van der Waals surface area contributed by atoms with E-state index in [-0.39, 0.29) is 38.4 Å². The van der Waals surface area contributed by atoms with Crippen molar-refractivity contribution >= 4 is 87.7 Å². The summed E-state index contributed by atoms with van der Waals surface area (Å²) < 4.78 is 70.0. The van der Waals surface area contributed by atoms with E-state index in [2.05, 4.69) is 0 Å². The molecule has 12 nitrogen and oxygen atoms in total. The fraction of sp³-hybridized carbons (Fsp3) is 0. The Morgan fingerprint density at radius 2 is 0.947 bits per heavy atom. The van der Waals surface area contributed by atoms with E-state index in [1.165, 1.54) is 24.3 Å². The predicted octanol–water partition coefficient (Wildman–Crippen LogP) is 2.60. The predicted molar refractivity (Wildman–Crippen MR) is 127 cm³/mol. The smallest absolute Gasteiger partial charge is 0.386 e. The molecule has 0 aliphatic carbocycles. The van der Waals surface area contributed by atoms with Crippen LogP contribution in [0.2, 0.25) is 0 Å². The van der Waals surface area contributed by atoms with Gasteiger partial charge < -0.3 is 9.47 Å². The molecule has 0 saturated carbocycles. The average molecular weight is 552 g/mol. The van der Waals surface area contributed by atoms with Crippen LogP contribution in [0, 0.1) is 0 Å². The topological polar surface area (TPSA) is 192 Å². The number of hydrogen-bond donors (Lipinski definition) is 1. The molecule has 7 rings (SSSR count). The van der Waals surface area contributed by atoms with Gasteiger partial charge in [0, 0.05) is 21.5 Å². The van der Waals surface area contributed by atoms with E-state index in [9.17, 15) is 32.1 Å². The van der Waals surface area contributed by atoms with Crippen LogP contribution in [0.1, 0.15) is 41.4 Å². The van der Waals surface area contributed by atoms with Crippen molar-refractivity contribution in [3.8, 4) is 0 Å². The maximum Gasteiger partial charge on any atom is 0.425 e. The van der Waals surface area contributed by atoms with Crippen molar-refractivity contribution in [2.45, 2.75) is 4.90 Å². The first-order valence-electron chi connectivity index (χ1n) is 10.4. The SMILES string of the molecule is O=C1OC(=O)c2ccc3c4c(S(=O)(=O)O)cc5c6c(ccc(c7ccc1c2c73)c64)C(=O)OC5=O.O=S(=O)=O. The molecule has 0 atom stereocenters. The fourth-order valence-electron chi connectivity index (χ4n) is 5.22. The molecule has 0 saturated heterocycles. The summed E-state index contributed by atoms with van der Waals surface area (Å²) in [5, 5.41) is 2.59. The molecule has 5 aromatic rings. The summed E-state index contributed by atoms with van der Waals surface area (Å²) >= 11 is 0. The minimum absolute atomic E-state index is 0.0585. The van der Waals surface area contributed by atoms with Crippen LogP contribution >= 0.6 is 0 Å². The van der Waals surface area contributed by atoms with Gasteiger partial charge >= 0.3 is 34.5 Å². The lowest BCUT2D eigenvalue weighted by Gasteiger charge is -2.23. The van der Waals surface area contributed by atoms with Gasteiger partial charge in [-0.3, -0.25) is 4.55 Å².